The molecule has 1 aliphatic heterocycles. The van der Waals surface area contributed by atoms with E-state index in [0.29, 0.717) is 12.1 Å². The van der Waals surface area contributed by atoms with Crippen molar-refractivity contribution in [3.8, 4) is 0 Å². The van der Waals surface area contributed by atoms with Crippen molar-refractivity contribution in [3.05, 3.63) is 29.8 Å². The van der Waals surface area contributed by atoms with Gasteiger partial charge in [-0.2, -0.15) is 10.2 Å². The Balaban J connectivity index is 2.14. The molecule has 2 rings (SSSR count). The first-order chi connectivity index (χ1) is 10.9. The molecule has 1 atom stereocenters. The lowest BCUT2D eigenvalue weighted by Crippen LogP contribution is -2.31. The fraction of sp³-hybridized carbons (Fsp3) is 0.214. The average Bonchev–Trinajstić information content (AvgIpc) is 2.47. The van der Waals surface area contributed by atoms with E-state index in [4.69, 9.17) is 10.2 Å². The van der Waals surface area contributed by atoms with Gasteiger partial charge in [-0.05, 0) is 17.7 Å². The standard InChI is InChI=1S/C14H14N4O5/c1-7-6-10(19)16-17-11(7)8-2-4-9(5-3-8)15-18-12(13(20)21)14(22)23/h2-5,7,15H,6H2,1H3,(H,16,19)(H,20,21)(H,22,23)/t7-/m1/s1. The SMILES string of the molecule is C[C@@H]1CC(=O)NN=C1c1ccc(NN=C(C(=O)O)C(=O)O)cc1. The second-order valence-electron chi connectivity index (χ2n) is 4.90. The Kier molecular flexibility index (Phi) is 4.69. The normalized spacial score (nSPS) is 16.8. The van der Waals surface area contributed by atoms with Crippen molar-refractivity contribution < 1.29 is 24.6 Å². The Hall–Kier alpha value is -3.23. The first-order valence-electron chi connectivity index (χ1n) is 6.65. The van der Waals surface area contributed by atoms with E-state index in [2.05, 4.69) is 21.1 Å². The van der Waals surface area contributed by atoms with Gasteiger partial charge in [0.2, 0.25) is 5.91 Å². The van der Waals surface area contributed by atoms with Crippen molar-refractivity contribution in [2.45, 2.75) is 13.3 Å². The van der Waals surface area contributed by atoms with E-state index in [1.807, 2.05) is 6.92 Å². The van der Waals surface area contributed by atoms with Gasteiger partial charge in [0.15, 0.2) is 0 Å². The van der Waals surface area contributed by atoms with E-state index in [-0.39, 0.29) is 11.8 Å². The van der Waals surface area contributed by atoms with Crippen LogP contribution >= 0.6 is 0 Å². The number of carboxylic acids is 2. The maximum atomic E-state index is 11.2. The van der Waals surface area contributed by atoms with E-state index in [1.54, 1.807) is 24.3 Å². The molecule has 0 fully saturated rings. The lowest BCUT2D eigenvalue weighted by atomic mass is 9.94. The van der Waals surface area contributed by atoms with Gasteiger partial charge in [0.1, 0.15) is 0 Å². The highest BCUT2D eigenvalue weighted by atomic mass is 16.4. The minimum atomic E-state index is -1.64. The molecule has 1 heterocycles. The number of benzene rings is 1. The van der Waals surface area contributed by atoms with Crippen LogP contribution in [-0.2, 0) is 14.4 Å². The second kappa shape index (κ2) is 6.69. The highest BCUT2D eigenvalue weighted by Gasteiger charge is 2.21. The molecule has 1 aliphatic rings. The predicted molar refractivity (Wildman–Crippen MR) is 81.2 cm³/mol. The number of nitrogens with one attached hydrogen (secondary N) is 2. The highest BCUT2D eigenvalue weighted by Crippen LogP contribution is 2.18. The van der Waals surface area contributed by atoms with Crippen molar-refractivity contribution in [3.63, 3.8) is 0 Å². The molecule has 23 heavy (non-hydrogen) atoms. The molecular weight excluding hydrogens is 304 g/mol. The topological polar surface area (TPSA) is 140 Å². The number of carbonyl (C=O) groups is 3. The monoisotopic (exact) mass is 318 g/mol. The number of amides is 1. The Morgan fingerprint density at radius 3 is 2.39 bits per heavy atom. The number of carbonyl (C=O) groups excluding carboxylic acids is 1. The van der Waals surface area contributed by atoms with Crippen LogP contribution in [0.4, 0.5) is 5.69 Å². The molecule has 0 bridgehead atoms. The molecule has 1 amide bonds. The van der Waals surface area contributed by atoms with Gasteiger partial charge >= 0.3 is 11.9 Å². The summed E-state index contributed by atoms with van der Waals surface area (Å²) in [6, 6.07) is 6.63. The molecule has 1 aromatic carbocycles. The van der Waals surface area contributed by atoms with Gasteiger partial charge in [0.05, 0.1) is 11.4 Å². The summed E-state index contributed by atoms with van der Waals surface area (Å²) in [5.74, 6) is -3.43. The smallest absolute Gasteiger partial charge is 0.364 e. The molecule has 0 spiro atoms. The first kappa shape index (κ1) is 16.1. The maximum absolute atomic E-state index is 11.2. The summed E-state index contributed by atoms with van der Waals surface area (Å²) in [5.41, 5.74) is 5.73. The molecule has 0 saturated heterocycles. The highest BCUT2D eigenvalue weighted by molar-refractivity contribution is 6.61. The number of aliphatic carboxylic acids is 2. The third-order valence-corrected chi connectivity index (χ3v) is 3.14. The fourth-order valence-electron chi connectivity index (χ4n) is 2.03. The minimum absolute atomic E-state index is 0.0220. The van der Waals surface area contributed by atoms with Gasteiger partial charge in [-0.15, -0.1) is 0 Å². The van der Waals surface area contributed by atoms with Gasteiger partial charge in [-0.3, -0.25) is 10.2 Å². The number of hydrazone groups is 2. The van der Waals surface area contributed by atoms with E-state index < -0.39 is 17.7 Å². The van der Waals surface area contributed by atoms with Crippen LogP contribution < -0.4 is 10.9 Å². The molecule has 9 heteroatoms. The van der Waals surface area contributed by atoms with Crippen molar-refractivity contribution >= 4 is 35.0 Å². The molecule has 9 nitrogen and oxygen atoms in total. The van der Waals surface area contributed by atoms with Crippen LogP contribution in [-0.4, -0.2) is 39.5 Å². The molecular formula is C14H14N4O5. The number of carboxylic acid groups (broad SMARTS) is 2. The number of hydrogen-bond donors (Lipinski definition) is 4. The summed E-state index contributed by atoms with van der Waals surface area (Å²) >= 11 is 0. The van der Waals surface area contributed by atoms with Crippen molar-refractivity contribution in [2.75, 3.05) is 5.43 Å². The van der Waals surface area contributed by atoms with Crippen molar-refractivity contribution in [1.29, 1.82) is 0 Å². The van der Waals surface area contributed by atoms with Crippen LogP contribution in [0.1, 0.15) is 18.9 Å². The molecule has 4 N–H and O–H groups in total. The van der Waals surface area contributed by atoms with Crippen molar-refractivity contribution in [2.24, 2.45) is 16.1 Å². The lowest BCUT2D eigenvalue weighted by molar-refractivity contribution is -0.134. The van der Waals surface area contributed by atoms with Crippen LogP contribution in [0.2, 0.25) is 0 Å². The van der Waals surface area contributed by atoms with E-state index in [9.17, 15) is 14.4 Å². The zero-order valence-corrected chi connectivity index (χ0v) is 12.1. The summed E-state index contributed by atoms with van der Waals surface area (Å²) in [6.45, 7) is 1.89. The first-order valence-corrected chi connectivity index (χ1v) is 6.65. The maximum Gasteiger partial charge on any atom is 0.364 e. The molecule has 0 aromatic heterocycles. The van der Waals surface area contributed by atoms with E-state index >= 15 is 0 Å². The summed E-state index contributed by atoms with van der Waals surface area (Å²) in [6.07, 6.45) is 0.351. The molecule has 0 radical (unpaired) electrons. The summed E-state index contributed by atoms with van der Waals surface area (Å²) in [7, 11) is 0. The van der Waals surface area contributed by atoms with E-state index in [1.165, 1.54) is 0 Å². The molecule has 1 aromatic rings. The minimum Gasteiger partial charge on any atom is -0.476 e. The predicted octanol–water partition coefficient (Wildman–Crippen LogP) is 0.484. The van der Waals surface area contributed by atoms with E-state index in [0.717, 1.165) is 11.3 Å². The van der Waals surface area contributed by atoms with Crippen LogP contribution in [0.3, 0.4) is 0 Å². The Morgan fingerprint density at radius 1 is 1.26 bits per heavy atom. The third-order valence-electron chi connectivity index (χ3n) is 3.14. The summed E-state index contributed by atoms with van der Waals surface area (Å²) in [5, 5.41) is 24.7. The number of nitrogens with zero attached hydrogens (tertiary/aromatic N) is 2. The third kappa shape index (κ3) is 3.90. The molecule has 0 aliphatic carbocycles. The zero-order valence-electron chi connectivity index (χ0n) is 12.1. The Morgan fingerprint density at radius 2 is 1.87 bits per heavy atom. The van der Waals surface area contributed by atoms with Gasteiger partial charge in [0, 0.05) is 12.3 Å². The fourth-order valence-corrected chi connectivity index (χ4v) is 2.03. The Bertz CT molecular complexity index is 692. The number of hydrogen-bond acceptors (Lipinski definition) is 6. The lowest BCUT2D eigenvalue weighted by Gasteiger charge is -2.19. The van der Waals surface area contributed by atoms with Gasteiger partial charge in [-0.1, -0.05) is 19.1 Å². The van der Waals surface area contributed by atoms with Gasteiger partial charge in [-0.25, -0.2) is 15.0 Å². The van der Waals surface area contributed by atoms with Crippen molar-refractivity contribution in [1.82, 2.24) is 5.43 Å². The molecule has 0 unspecified atom stereocenters. The molecule has 0 saturated carbocycles. The summed E-state index contributed by atoms with van der Waals surface area (Å²) < 4.78 is 0. The van der Waals surface area contributed by atoms with Crippen LogP contribution in [0.25, 0.3) is 0 Å². The number of rotatable bonds is 5. The quantitative estimate of drug-likeness (QED) is 0.353. The molecule has 120 valence electrons. The average molecular weight is 318 g/mol. The second-order valence-corrected chi connectivity index (χ2v) is 4.90. The Labute approximate surface area is 130 Å². The summed E-state index contributed by atoms with van der Waals surface area (Å²) in [4.78, 5) is 32.6. The van der Waals surface area contributed by atoms with Gasteiger partial charge < -0.3 is 10.2 Å². The zero-order chi connectivity index (χ0) is 17.0. The largest absolute Gasteiger partial charge is 0.476 e. The van der Waals surface area contributed by atoms with Gasteiger partial charge in [0.25, 0.3) is 5.71 Å². The number of anilines is 1. The van der Waals surface area contributed by atoms with Crippen LogP contribution in [0.15, 0.2) is 34.5 Å². The van der Waals surface area contributed by atoms with Crippen LogP contribution in [0, 0.1) is 5.92 Å². The van der Waals surface area contributed by atoms with Crippen LogP contribution in [0.5, 0.6) is 0 Å².